The lowest BCUT2D eigenvalue weighted by atomic mass is 10.1. The fourth-order valence-electron chi connectivity index (χ4n) is 2.83. The lowest BCUT2D eigenvalue weighted by molar-refractivity contribution is -0.141. The first-order valence-electron chi connectivity index (χ1n) is 7.89. The van der Waals surface area contributed by atoms with Crippen LogP contribution in [0.4, 0.5) is 5.69 Å². The number of anilines is 1. The van der Waals surface area contributed by atoms with Gasteiger partial charge in [-0.05, 0) is 19.3 Å². The summed E-state index contributed by atoms with van der Waals surface area (Å²) in [6.45, 7) is 1.20. The van der Waals surface area contributed by atoms with Gasteiger partial charge in [0.25, 0.3) is 0 Å². The predicted molar refractivity (Wildman–Crippen MR) is 80.4 cm³/mol. The van der Waals surface area contributed by atoms with Crippen molar-refractivity contribution in [3.63, 3.8) is 0 Å². The highest BCUT2D eigenvalue weighted by Gasteiger charge is 2.30. The number of ether oxygens (including phenoxy) is 1. The van der Waals surface area contributed by atoms with Crippen LogP contribution in [0.5, 0.6) is 0 Å². The molecule has 0 unspecified atom stereocenters. The molecule has 1 N–H and O–H groups in total. The number of carbonyl (C=O) groups excluding carboxylic acids is 3. The van der Waals surface area contributed by atoms with Gasteiger partial charge in [0.2, 0.25) is 17.7 Å². The van der Waals surface area contributed by atoms with Gasteiger partial charge < -0.3 is 10.1 Å². The number of carbonyl (C=O) groups is 3. The fourth-order valence-corrected chi connectivity index (χ4v) is 2.83. The summed E-state index contributed by atoms with van der Waals surface area (Å²) in [4.78, 5) is 35.9. The lowest BCUT2D eigenvalue weighted by Crippen LogP contribution is -2.36. The third-order valence-corrected chi connectivity index (χ3v) is 4.04. The van der Waals surface area contributed by atoms with Gasteiger partial charge in [0.15, 0.2) is 0 Å². The van der Waals surface area contributed by atoms with Crippen LogP contribution < -0.4 is 5.32 Å². The SMILES string of the molecule is O=C(CN1C(=O)CCC1=O)Nc1cnn(C[C@H]2CCCCO2)c1. The van der Waals surface area contributed by atoms with E-state index in [2.05, 4.69) is 10.4 Å². The maximum Gasteiger partial charge on any atom is 0.244 e. The van der Waals surface area contributed by atoms with Gasteiger partial charge >= 0.3 is 0 Å². The molecule has 2 fully saturated rings. The van der Waals surface area contributed by atoms with Crippen molar-refractivity contribution in [2.24, 2.45) is 0 Å². The molecule has 23 heavy (non-hydrogen) atoms. The molecule has 1 atom stereocenters. The Hall–Kier alpha value is -2.22. The first-order chi connectivity index (χ1) is 11.1. The predicted octanol–water partition coefficient (Wildman–Crippen LogP) is 0.540. The Morgan fingerprint density at radius 2 is 2.09 bits per heavy atom. The zero-order valence-electron chi connectivity index (χ0n) is 12.9. The van der Waals surface area contributed by atoms with Crippen LogP contribution in [0.2, 0.25) is 0 Å². The van der Waals surface area contributed by atoms with E-state index in [1.54, 1.807) is 17.1 Å². The number of likely N-dealkylation sites (tertiary alicyclic amines) is 1. The smallest absolute Gasteiger partial charge is 0.244 e. The molecule has 3 heterocycles. The average Bonchev–Trinajstić information content (AvgIpc) is 3.09. The second-order valence-electron chi connectivity index (χ2n) is 5.86. The second-order valence-corrected chi connectivity index (χ2v) is 5.86. The number of hydrogen-bond acceptors (Lipinski definition) is 5. The van der Waals surface area contributed by atoms with E-state index in [0.29, 0.717) is 12.2 Å². The molecule has 0 bridgehead atoms. The van der Waals surface area contributed by atoms with Gasteiger partial charge in [0.1, 0.15) is 6.54 Å². The molecule has 124 valence electrons. The van der Waals surface area contributed by atoms with Crippen molar-refractivity contribution in [3.05, 3.63) is 12.4 Å². The number of aromatic nitrogens is 2. The molecule has 2 aliphatic rings. The molecular formula is C15H20N4O4. The Balaban J connectivity index is 1.51. The zero-order chi connectivity index (χ0) is 16.2. The van der Waals surface area contributed by atoms with Crippen LogP contribution in [0, 0.1) is 0 Å². The van der Waals surface area contributed by atoms with E-state index in [1.165, 1.54) is 0 Å². The van der Waals surface area contributed by atoms with Gasteiger partial charge in [0.05, 0.1) is 24.5 Å². The highest BCUT2D eigenvalue weighted by atomic mass is 16.5. The van der Waals surface area contributed by atoms with E-state index in [0.717, 1.165) is 30.8 Å². The minimum absolute atomic E-state index is 0.159. The summed E-state index contributed by atoms with van der Waals surface area (Å²) in [6, 6.07) is 0. The molecule has 2 saturated heterocycles. The molecule has 3 rings (SSSR count). The minimum atomic E-state index is -0.401. The number of hydrogen-bond donors (Lipinski definition) is 1. The Kier molecular flexibility index (Phi) is 4.71. The van der Waals surface area contributed by atoms with Crippen LogP contribution in [0.25, 0.3) is 0 Å². The average molecular weight is 320 g/mol. The van der Waals surface area contributed by atoms with Crippen molar-refractivity contribution in [3.8, 4) is 0 Å². The zero-order valence-corrected chi connectivity index (χ0v) is 12.9. The van der Waals surface area contributed by atoms with Crippen LogP contribution in [0.1, 0.15) is 32.1 Å². The van der Waals surface area contributed by atoms with Crippen molar-refractivity contribution < 1.29 is 19.1 Å². The monoisotopic (exact) mass is 320 g/mol. The van der Waals surface area contributed by atoms with Crippen LogP contribution in [-0.2, 0) is 25.7 Å². The molecule has 2 aliphatic heterocycles. The Labute approximate surface area is 133 Å². The molecule has 8 heteroatoms. The lowest BCUT2D eigenvalue weighted by Gasteiger charge is -2.22. The third-order valence-electron chi connectivity index (χ3n) is 4.04. The molecule has 8 nitrogen and oxygen atoms in total. The third kappa shape index (κ3) is 3.95. The summed E-state index contributed by atoms with van der Waals surface area (Å²) in [5.41, 5.74) is 0.546. The van der Waals surface area contributed by atoms with Crippen molar-refractivity contribution in [2.45, 2.75) is 44.8 Å². The van der Waals surface area contributed by atoms with Gasteiger partial charge in [-0.1, -0.05) is 0 Å². The molecular weight excluding hydrogens is 300 g/mol. The molecule has 0 aromatic carbocycles. The molecule has 0 saturated carbocycles. The highest BCUT2D eigenvalue weighted by molar-refractivity contribution is 6.06. The number of imide groups is 1. The Bertz CT molecular complexity index is 590. The summed E-state index contributed by atoms with van der Waals surface area (Å²) in [6.07, 6.45) is 7.08. The fraction of sp³-hybridized carbons (Fsp3) is 0.600. The van der Waals surface area contributed by atoms with E-state index < -0.39 is 5.91 Å². The maximum atomic E-state index is 11.9. The van der Waals surface area contributed by atoms with E-state index in [9.17, 15) is 14.4 Å². The number of nitrogens with one attached hydrogen (secondary N) is 1. The molecule has 1 aromatic rings. The Morgan fingerprint density at radius 1 is 1.30 bits per heavy atom. The maximum absolute atomic E-state index is 11.9. The van der Waals surface area contributed by atoms with Crippen molar-refractivity contribution in [1.29, 1.82) is 0 Å². The van der Waals surface area contributed by atoms with E-state index in [1.807, 2.05) is 0 Å². The van der Waals surface area contributed by atoms with Gasteiger partial charge in [-0.25, -0.2) is 0 Å². The van der Waals surface area contributed by atoms with Crippen molar-refractivity contribution >= 4 is 23.4 Å². The summed E-state index contributed by atoms with van der Waals surface area (Å²) in [7, 11) is 0. The summed E-state index contributed by atoms with van der Waals surface area (Å²) in [5, 5.41) is 6.86. The summed E-state index contributed by atoms with van der Waals surface area (Å²) < 4.78 is 7.39. The number of nitrogens with zero attached hydrogens (tertiary/aromatic N) is 3. The quantitative estimate of drug-likeness (QED) is 0.799. The van der Waals surface area contributed by atoms with Crippen LogP contribution in [-0.4, -0.2) is 51.7 Å². The first-order valence-corrected chi connectivity index (χ1v) is 7.89. The second kappa shape index (κ2) is 6.91. The van der Waals surface area contributed by atoms with E-state index in [4.69, 9.17) is 4.74 Å². The summed E-state index contributed by atoms with van der Waals surface area (Å²) in [5.74, 6) is -0.993. The number of amides is 3. The highest BCUT2D eigenvalue weighted by Crippen LogP contribution is 2.16. The standard InChI is InChI=1S/C15H20N4O4/c20-13(10-19-14(21)4-5-15(19)22)17-11-7-16-18(8-11)9-12-3-1-2-6-23-12/h7-8,12H,1-6,9-10H2,(H,17,20)/t12-/m1/s1. The molecule has 1 aromatic heterocycles. The Morgan fingerprint density at radius 3 is 2.78 bits per heavy atom. The van der Waals surface area contributed by atoms with Crippen molar-refractivity contribution in [2.75, 3.05) is 18.5 Å². The van der Waals surface area contributed by atoms with Gasteiger partial charge in [-0.2, -0.15) is 5.10 Å². The van der Waals surface area contributed by atoms with Gasteiger partial charge in [0, 0.05) is 25.6 Å². The molecule has 0 spiro atoms. The van der Waals surface area contributed by atoms with Gasteiger partial charge in [-0.3, -0.25) is 24.0 Å². The van der Waals surface area contributed by atoms with Crippen LogP contribution in [0.15, 0.2) is 12.4 Å². The van der Waals surface area contributed by atoms with Gasteiger partial charge in [-0.15, -0.1) is 0 Å². The topological polar surface area (TPSA) is 93.5 Å². The minimum Gasteiger partial charge on any atom is -0.376 e. The molecule has 3 amide bonds. The van der Waals surface area contributed by atoms with Crippen LogP contribution in [0.3, 0.4) is 0 Å². The molecule has 0 aliphatic carbocycles. The largest absolute Gasteiger partial charge is 0.376 e. The van der Waals surface area contributed by atoms with E-state index >= 15 is 0 Å². The van der Waals surface area contributed by atoms with E-state index in [-0.39, 0.29) is 37.3 Å². The summed E-state index contributed by atoms with van der Waals surface area (Å²) >= 11 is 0. The molecule has 0 radical (unpaired) electrons. The number of rotatable bonds is 5. The van der Waals surface area contributed by atoms with Crippen molar-refractivity contribution in [1.82, 2.24) is 14.7 Å². The van der Waals surface area contributed by atoms with Crippen LogP contribution >= 0.6 is 0 Å². The first kappa shape index (κ1) is 15.7. The normalized spacial score (nSPS) is 21.7.